The summed E-state index contributed by atoms with van der Waals surface area (Å²) in [5.74, 6) is 0.683. The molecule has 68 valence electrons. The molecule has 0 aromatic carbocycles. The fraction of sp³-hybridized carbons (Fsp3) is 1.00. The van der Waals surface area contributed by atoms with Gasteiger partial charge in [-0.05, 0) is 31.6 Å². The fourth-order valence-electron chi connectivity index (χ4n) is 1.10. The minimum atomic E-state index is -0.0211. The minimum Gasteiger partial charge on any atom is -0.326 e. The lowest BCUT2D eigenvalue weighted by molar-refractivity contribution is 0.210. The highest BCUT2D eigenvalue weighted by Crippen LogP contribution is 2.30. The van der Waals surface area contributed by atoms with Gasteiger partial charge in [0.1, 0.15) is 0 Å². The van der Waals surface area contributed by atoms with E-state index in [1.54, 1.807) is 0 Å². The molecule has 0 saturated heterocycles. The first-order valence-electron chi connectivity index (χ1n) is 4.42. The third-order valence-corrected chi connectivity index (χ3v) is 2.31. The predicted molar refractivity (Wildman–Crippen MR) is 51.5 cm³/mol. The molecule has 11 heavy (non-hydrogen) atoms. The van der Waals surface area contributed by atoms with Crippen molar-refractivity contribution in [1.82, 2.24) is 0 Å². The molecule has 0 aliphatic rings. The summed E-state index contributed by atoms with van der Waals surface area (Å²) in [4.78, 5) is 0. The smallest absolute Gasteiger partial charge is 0.00997 e. The first-order valence-corrected chi connectivity index (χ1v) is 4.42. The Bertz CT molecular complexity index is 114. The molecule has 0 fully saturated rings. The highest BCUT2D eigenvalue weighted by Gasteiger charge is 2.24. The van der Waals surface area contributed by atoms with E-state index in [2.05, 4.69) is 41.5 Å². The predicted octanol–water partition coefficient (Wildman–Crippen LogP) is 2.80. The lowest BCUT2D eigenvalue weighted by Crippen LogP contribution is -2.36. The van der Waals surface area contributed by atoms with E-state index >= 15 is 0 Å². The first-order chi connectivity index (χ1) is 4.63. The zero-order valence-corrected chi connectivity index (χ0v) is 8.86. The van der Waals surface area contributed by atoms with Crippen LogP contribution in [0.2, 0.25) is 0 Å². The van der Waals surface area contributed by atoms with Crippen molar-refractivity contribution in [3.05, 3.63) is 0 Å². The van der Waals surface area contributed by atoms with E-state index in [0.717, 1.165) is 6.42 Å². The Labute approximate surface area is 71.4 Å². The van der Waals surface area contributed by atoms with Crippen LogP contribution in [0.3, 0.4) is 0 Å². The molecule has 0 aliphatic carbocycles. The van der Waals surface area contributed by atoms with Crippen LogP contribution in [0.4, 0.5) is 0 Å². The SMILES string of the molecule is C[C@@H](CC(C)(C)N)C(C)(C)C. The van der Waals surface area contributed by atoms with Crippen LogP contribution in [-0.2, 0) is 0 Å². The quantitative estimate of drug-likeness (QED) is 0.655. The van der Waals surface area contributed by atoms with Crippen LogP contribution in [0, 0.1) is 11.3 Å². The molecule has 0 heterocycles. The van der Waals surface area contributed by atoms with Crippen LogP contribution in [0.1, 0.15) is 48.0 Å². The molecule has 2 N–H and O–H groups in total. The van der Waals surface area contributed by atoms with Crippen molar-refractivity contribution >= 4 is 0 Å². The van der Waals surface area contributed by atoms with Gasteiger partial charge in [0, 0.05) is 5.54 Å². The molecule has 0 aromatic heterocycles. The van der Waals surface area contributed by atoms with Crippen LogP contribution in [0.15, 0.2) is 0 Å². The van der Waals surface area contributed by atoms with E-state index in [4.69, 9.17) is 5.73 Å². The molecular formula is C10H23N. The van der Waals surface area contributed by atoms with Crippen molar-refractivity contribution in [3.8, 4) is 0 Å². The molecule has 0 aromatic rings. The van der Waals surface area contributed by atoms with Gasteiger partial charge in [0.25, 0.3) is 0 Å². The molecule has 0 amide bonds. The normalized spacial score (nSPS) is 16.6. The molecule has 1 nitrogen and oxygen atoms in total. The Hall–Kier alpha value is -0.0400. The van der Waals surface area contributed by atoms with Gasteiger partial charge in [-0.1, -0.05) is 27.7 Å². The lowest BCUT2D eigenvalue weighted by atomic mass is 9.76. The third-order valence-electron chi connectivity index (χ3n) is 2.31. The van der Waals surface area contributed by atoms with Gasteiger partial charge in [0.05, 0.1) is 0 Å². The maximum Gasteiger partial charge on any atom is 0.00997 e. The van der Waals surface area contributed by atoms with E-state index in [1.165, 1.54) is 0 Å². The topological polar surface area (TPSA) is 26.0 Å². The molecule has 0 bridgehead atoms. The molecule has 0 rings (SSSR count). The Morgan fingerprint density at radius 2 is 1.45 bits per heavy atom. The second-order valence-electron chi connectivity index (χ2n) is 5.46. The van der Waals surface area contributed by atoms with E-state index in [9.17, 15) is 0 Å². The van der Waals surface area contributed by atoms with Crippen LogP contribution < -0.4 is 5.73 Å². The van der Waals surface area contributed by atoms with E-state index in [-0.39, 0.29) is 5.54 Å². The Morgan fingerprint density at radius 1 is 1.09 bits per heavy atom. The van der Waals surface area contributed by atoms with Crippen molar-refractivity contribution in [3.63, 3.8) is 0 Å². The van der Waals surface area contributed by atoms with Gasteiger partial charge in [-0.15, -0.1) is 0 Å². The summed E-state index contributed by atoms with van der Waals surface area (Å²) in [6.45, 7) is 13.3. The highest BCUT2D eigenvalue weighted by atomic mass is 14.7. The highest BCUT2D eigenvalue weighted by molar-refractivity contribution is 4.80. The van der Waals surface area contributed by atoms with Crippen LogP contribution in [0.25, 0.3) is 0 Å². The van der Waals surface area contributed by atoms with E-state index in [1.807, 2.05) is 0 Å². The summed E-state index contributed by atoms with van der Waals surface area (Å²) >= 11 is 0. The number of hydrogen-bond donors (Lipinski definition) is 1. The molecule has 0 radical (unpaired) electrons. The standard InChI is InChI=1S/C10H23N/c1-8(9(2,3)4)7-10(5,6)11/h8H,7,11H2,1-6H3/t8-/m0/s1. The summed E-state index contributed by atoms with van der Waals surface area (Å²) < 4.78 is 0. The van der Waals surface area contributed by atoms with Crippen LogP contribution in [0.5, 0.6) is 0 Å². The average Bonchev–Trinajstić information content (AvgIpc) is 1.56. The molecule has 1 atom stereocenters. The molecule has 0 unspecified atom stereocenters. The minimum absolute atomic E-state index is 0.0211. The van der Waals surface area contributed by atoms with E-state index in [0.29, 0.717) is 11.3 Å². The van der Waals surface area contributed by atoms with Gasteiger partial charge in [-0.2, -0.15) is 0 Å². The Morgan fingerprint density at radius 3 is 1.55 bits per heavy atom. The largest absolute Gasteiger partial charge is 0.326 e. The summed E-state index contributed by atoms with van der Waals surface area (Å²) in [5.41, 5.74) is 6.30. The summed E-state index contributed by atoms with van der Waals surface area (Å²) in [6.07, 6.45) is 1.09. The number of nitrogens with two attached hydrogens (primary N) is 1. The molecular weight excluding hydrogens is 134 g/mol. The first kappa shape index (κ1) is 11.0. The van der Waals surface area contributed by atoms with Gasteiger partial charge < -0.3 is 5.73 Å². The van der Waals surface area contributed by atoms with Gasteiger partial charge in [-0.25, -0.2) is 0 Å². The summed E-state index contributed by atoms with van der Waals surface area (Å²) in [6, 6.07) is 0. The van der Waals surface area contributed by atoms with Gasteiger partial charge in [0.2, 0.25) is 0 Å². The molecule has 0 aliphatic heterocycles. The average molecular weight is 157 g/mol. The monoisotopic (exact) mass is 157 g/mol. The molecule has 0 saturated carbocycles. The maximum atomic E-state index is 5.93. The van der Waals surface area contributed by atoms with Crippen LogP contribution >= 0.6 is 0 Å². The van der Waals surface area contributed by atoms with Crippen molar-refractivity contribution in [2.75, 3.05) is 0 Å². The van der Waals surface area contributed by atoms with Gasteiger partial charge >= 0.3 is 0 Å². The second-order valence-corrected chi connectivity index (χ2v) is 5.46. The maximum absolute atomic E-state index is 5.93. The number of rotatable bonds is 2. The van der Waals surface area contributed by atoms with Crippen molar-refractivity contribution in [2.24, 2.45) is 17.1 Å². The summed E-state index contributed by atoms with van der Waals surface area (Å²) in [5, 5.41) is 0. The third kappa shape index (κ3) is 5.25. The molecule has 1 heteroatoms. The second kappa shape index (κ2) is 3.14. The van der Waals surface area contributed by atoms with Gasteiger partial charge in [-0.3, -0.25) is 0 Å². The van der Waals surface area contributed by atoms with E-state index < -0.39 is 0 Å². The van der Waals surface area contributed by atoms with Crippen molar-refractivity contribution < 1.29 is 0 Å². The zero-order chi connectivity index (χ0) is 9.28. The number of hydrogen-bond acceptors (Lipinski definition) is 1. The zero-order valence-electron chi connectivity index (χ0n) is 8.86. The lowest BCUT2D eigenvalue weighted by Gasteiger charge is -2.32. The van der Waals surface area contributed by atoms with Crippen LogP contribution in [-0.4, -0.2) is 5.54 Å². The Balaban J connectivity index is 3.99. The summed E-state index contributed by atoms with van der Waals surface area (Å²) in [7, 11) is 0. The van der Waals surface area contributed by atoms with Crippen molar-refractivity contribution in [1.29, 1.82) is 0 Å². The van der Waals surface area contributed by atoms with Gasteiger partial charge in [0.15, 0.2) is 0 Å². The van der Waals surface area contributed by atoms with Crippen molar-refractivity contribution in [2.45, 2.75) is 53.5 Å². The Kier molecular flexibility index (Phi) is 3.13. The molecule has 0 spiro atoms. The fourth-order valence-corrected chi connectivity index (χ4v) is 1.10.